The lowest BCUT2D eigenvalue weighted by molar-refractivity contribution is 0.0286. The van der Waals surface area contributed by atoms with Crippen LogP contribution < -0.4 is 5.32 Å². The topological polar surface area (TPSA) is 32.3 Å². The van der Waals surface area contributed by atoms with Crippen LogP contribution in [0.4, 0.5) is 10.1 Å². The van der Waals surface area contributed by atoms with Crippen LogP contribution in [-0.4, -0.2) is 17.3 Å². The summed E-state index contributed by atoms with van der Waals surface area (Å²) in [5, 5.41) is 13.3. The van der Waals surface area contributed by atoms with Gasteiger partial charge in [0.25, 0.3) is 0 Å². The molecule has 0 spiro atoms. The Bertz CT molecular complexity index is 466. The molecule has 2 nitrogen and oxygen atoms in total. The molecule has 1 aromatic carbocycles. The first-order valence-electron chi connectivity index (χ1n) is 7.31. The summed E-state index contributed by atoms with van der Waals surface area (Å²) in [6.07, 6.45) is 2.79. The summed E-state index contributed by atoms with van der Waals surface area (Å²) in [6, 6.07) is 6.68. The van der Waals surface area contributed by atoms with E-state index in [0.29, 0.717) is 5.69 Å². The summed E-state index contributed by atoms with van der Waals surface area (Å²) in [5.74, 6) is -0.262. The van der Waals surface area contributed by atoms with Gasteiger partial charge >= 0.3 is 0 Å². The lowest BCUT2D eigenvalue weighted by Crippen LogP contribution is -2.53. The quantitative estimate of drug-likeness (QED) is 0.869. The van der Waals surface area contributed by atoms with E-state index in [-0.39, 0.29) is 23.3 Å². The van der Waals surface area contributed by atoms with Crippen LogP contribution in [0.3, 0.4) is 0 Å². The fourth-order valence-electron chi connectivity index (χ4n) is 4.40. The molecule has 0 radical (unpaired) electrons. The van der Waals surface area contributed by atoms with Crippen LogP contribution in [0.15, 0.2) is 24.3 Å². The Morgan fingerprint density at radius 2 is 1.60 bits per heavy atom. The van der Waals surface area contributed by atoms with Crippen molar-refractivity contribution in [2.24, 2.45) is 10.8 Å². The van der Waals surface area contributed by atoms with Gasteiger partial charge in [-0.1, -0.05) is 39.8 Å². The number of aliphatic hydroxyl groups is 1. The van der Waals surface area contributed by atoms with Crippen molar-refractivity contribution in [1.82, 2.24) is 0 Å². The molecule has 112 valence electrons. The van der Waals surface area contributed by atoms with Gasteiger partial charge in [-0.05, 0) is 42.2 Å². The predicted octanol–water partition coefficient (Wildman–Crippen LogP) is 4.21. The average molecular weight is 279 g/mol. The number of hydrogen-bond acceptors (Lipinski definition) is 2. The van der Waals surface area contributed by atoms with Gasteiger partial charge in [0.1, 0.15) is 5.82 Å². The van der Waals surface area contributed by atoms with Gasteiger partial charge in [-0.3, -0.25) is 0 Å². The fraction of sp³-hybridized carbons (Fsp3) is 0.647. The number of nitrogens with one attached hydrogen (secondary N) is 1. The Labute approximate surface area is 121 Å². The Balaban J connectivity index is 2.31. The fourth-order valence-corrected chi connectivity index (χ4v) is 4.40. The van der Waals surface area contributed by atoms with Crippen molar-refractivity contribution in [2.75, 3.05) is 11.9 Å². The number of halogens is 1. The Morgan fingerprint density at radius 1 is 1.05 bits per heavy atom. The van der Waals surface area contributed by atoms with Crippen molar-refractivity contribution in [3.8, 4) is 0 Å². The highest BCUT2D eigenvalue weighted by molar-refractivity contribution is 5.47. The summed E-state index contributed by atoms with van der Waals surface area (Å²) in [4.78, 5) is 0. The molecular formula is C17H26FNO. The SMILES string of the molecule is CC1(C)CC(C)(C)CC(CO)(Nc2ccccc2F)C1. The molecule has 1 aromatic rings. The third-order valence-corrected chi connectivity index (χ3v) is 4.17. The Morgan fingerprint density at radius 3 is 2.10 bits per heavy atom. The average Bonchev–Trinajstić information content (AvgIpc) is 2.28. The molecule has 0 saturated heterocycles. The largest absolute Gasteiger partial charge is 0.394 e. The summed E-state index contributed by atoms with van der Waals surface area (Å²) in [5.41, 5.74) is 0.286. The van der Waals surface area contributed by atoms with Gasteiger partial charge < -0.3 is 10.4 Å². The van der Waals surface area contributed by atoms with Crippen molar-refractivity contribution in [3.05, 3.63) is 30.1 Å². The van der Waals surface area contributed by atoms with E-state index in [2.05, 4.69) is 33.0 Å². The van der Waals surface area contributed by atoms with Crippen LogP contribution >= 0.6 is 0 Å². The lowest BCUT2D eigenvalue weighted by atomic mass is 9.58. The molecule has 0 aromatic heterocycles. The van der Waals surface area contributed by atoms with Gasteiger partial charge in [0.05, 0.1) is 17.8 Å². The summed E-state index contributed by atoms with van der Waals surface area (Å²) >= 11 is 0. The number of rotatable bonds is 3. The Hall–Kier alpha value is -1.09. The molecule has 20 heavy (non-hydrogen) atoms. The Kier molecular flexibility index (Phi) is 3.85. The highest BCUT2D eigenvalue weighted by Gasteiger charge is 2.47. The van der Waals surface area contributed by atoms with Gasteiger partial charge in [0, 0.05) is 0 Å². The van der Waals surface area contributed by atoms with Crippen LogP contribution in [0, 0.1) is 16.6 Å². The zero-order chi connectivity index (χ0) is 15.0. The van der Waals surface area contributed by atoms with Crippen LogP contribution in [-0.2, 0) is 0 Å². The summed E-state index contributed by atoms with van der Waals surface area (Å²) < 4.78 is 13.9. The maximum absolute atomic E-state index is 13.9. The van der Waals surface area contributed by atoms with Crippen LogP contribution in [0.1, 0.15) is 47.0 Å². The maximum atomic E-state index is 13.9. The third-order valence-electron chi connectivity index (χ3n) is 4.17. The first-order valence-corrected chi connectivity index (χ1v) is 7.31. The van der Waals surface area contributed by atoms with Crippen molar-refractivity contribution < 1.29 is 9.50 Å². The summed E-state index contributed by atoms with van der Waals surface area (Å²) in [7, 11) is 0. The molecule has 0 bridgehead atoms. The predicted molar refractivity (Wildman–Crippen MR) is 81.3 cm³/mol. The molecule has 0 aliphatic heterocycles. The minimum atomic E-state index is -0.451. The third kappa shape index (κ3) is 3.32. The molecule has 1 saturated carbocycles. The van der Waals surface area contributed by atoms with Gasteiger partial charge in [0.15, 0.2) is 0 Å². The lowest BCUT2D eigenvalue weighted by Gasteiger charge is -2.52. The van der Waals surface area contributed by atoms with E-state index in [1.165, 1.54) is 6.07 Å². The van der Waals surface area contributed by atoms with Crippen molar-refractivity contribution in [2.45, 2.75) is 52.5 Å². The second-order valence-corrected chi connectivity index (χ2v) is 7.90. The standard InChI is InChI=1S/C17H26FNO/c1-15(2)9-16(3,4)11-17(10-15,12-20)19-14-8-6-5-7-13(14)18/h5-8,19-20H,9-12H2,1-4H3. The number of para-hydroxylation sites is 1. The van der Waals surface area contributed by atoms with Gasteiger partial charge in [-0.25, -0.2) is 4.39 Å². The van der Waals surface area contributed by atoms with E-state index in [1.807, 2.05) is 6.07 Å². The normalized spacial score (nSPS) is 23.3. The number of hydrogen-bond donors (Lipinski definition) is 2. The van der Waals surface area contributed by atoms with Crippen LogP contribution in [0.2, 0.25) is 0 Å². The highest BCUT2D eigenvalue weighted by atomic mass is 19.1. The molecule has 2 N–H and O–H groups in total. The molecule has 0 unspecified atom stereocenters. The minimum Gasteiger partial charge on any atom is -0.394 e. The van der Waals surface area contributed by atoms with Crippen molar-refractivity contribution in [3.63, 3.8) is 0 Å². The van der Waals surface area contributed by atoms with Crippen molar-refractivity contribution in [1.29, 1.82) is 0 Å². The molecule has 0 heterocycles. The molecule has 1 fully saturated rings. The molecule has 2 rings (SSSR count). The van der Waals surface area contributed by atoms with Gasteiger partial charge in [-0.2, -0.15) is 0 Å². The zero-order valence-corrected chi connectivity index (χ0v) is 13.0. The first-order chi connectivity index (χ1) is 9.17. The number of anilines is 1. The molecule has 0 atom stereocenters. The second-order valence-electron chi connectivity index (χ2n) is 7.90. The molecule has 1 aliphatic rings. The van der Waals surface area contributed by atoms with E-state index in [4.69, 9.17) is 0 Å². The van der Waals surface area contributed by atoms with E-state index >= 15 is 0 Å². The first kappa shape index (κ1) is 15.3. The highest BCUT2D eigenvalue weighted by Crippen LogP contribution is 2.51. The van der Waals surface area contributed by atoms with E-state index in [9.17, 15) is 9.50 Å². The number of benzene rings is 1. The van der Waals surface area contributed by atoms with Crippen molar-refractivity contribution >= 4 is 5.69 Å². The smallest absolute Gasteiger partial charge is 0.146 e. The monoisotopic (exact) mass is 279 g/mol. The summed E-state index contributed by atoms with van der Waals surface area (Å²) in [6.45, 7) is 8.92. The number of aliphatic hydroxyl groups excluding tert-OH is 1. The molecule has 3 heteroatoms. The van der Waals surface area contributed by atoms with Crippen LogP contribution in [0.5, 0.6) is 0 Å². The van der Waals surface area contributed by atoms with Gasteiger partial charge in [-0.15, -0.1) is 0 Å². The minimum absolute atomic E-state index is 0.0220. The zero-order valence-electron chi connectivity index (χ0n) is 13.0. The van der Waals surface area contributed by atoms with Crippen LogP contribution in [0.25, 0.3) is 0 Å². The van der Waals surface area contributed by atoms with E-state index < -0.39 is 5.54 Å². The molecular weight excluding hydrogens is 253 g/mol. The van der Waals surface area contributed by atoms with E-state index in [0.717, 1.165) is 19.3 Å². The maximum Gasteiger partial charge on any atom is 0.146 e. The van der Waals surface area contributed by atoms with Gasteiger partial charge in [0.2, 0.25) is 0 Å². The molecule has 0 amide bonds. The van der Waals surface area contributed by atoms with E-state index in [1.54, 1.807) is 12.1 Å². The molecule has 1 aliphatic carbocycles. The second kappa shape index (κ2) is 5.03.